The molecule has 1 aliphatic heterocycles. The van der Waals surface area contributed by atoms with Crippen molar-refractivity contribution in [3.05, 3.63) is 70.2 Å². The van der Waals surface area contributed by atoms with Crippen molar-refractivity contribution in [3.8, 4) is 0 Å². The first-order valence-corrected chi connectivity index (χ1v) is 14.4. The van der Waals surface area contributed by atoms with E-state index in [0.717, 1.165) is 5.39 Å². The molecule has 0 radical (unpaired) electrons. The number of anilines is 1. The molecule has 1 N–H and O–H groups in total. The maximum atomic E-state index is 13.5. The summed E-state index contributed by atoms with van der Waals surface area (Å²) in [6.45, 7) is 4.39. The van der Waals surface area contributed by atoms with Crippen LogP contribution in [0.15, 0.2) is 59.5 Å². The van der Waals surface area contributed by atoms with Gasteiger partial charge in [-0.1, -0.05) is 60.5 Å². The number of carbonyl (C=O) groups excluding carboxylic acids is 2. The molecule has 3 aromatic carbocycles. The quantitative estimate of drug-likeness (QED) is 0.360. The van der Waals surface area contributed by atoms with E-state index >= 15 is 0 Å². The maximum absolute atomic E-state index is 13.5. The van der Waals surface area contributed by atoms with Gasteiger partial charge < -0.3 is 10.2 Å². The van der Waals surface area contributed by atoms with E-state index in [2.05, 4.69) is 5.32 Å². The van der Waals surface area contributed by atoms with Gasteiger partial charge in [-0.3, -0.25) is 13.9 Å². The van der Waals surface area contributed by atoms with E-state index in [9.17, 15) is 18.0 Å². The molecule has 4 rings (SSSR count). The van der Waals surface area contributed by atoms with Gasteiger partial charge in [-0.2, -0.15) is 0 Å². The number of benzene rings is 3. The van der Waals surface area contributed by atoms with Crippen LogP contribution in [-0.2, 0) is 26.2 Å². The summed E-state index contributed by atoms with van der Waals surface area (Å²) in [6.07, 6.45) is 0.777. The standard InChI is InChI=1S/C27H29Cl2N3O4S/c1-3-22(27(34)30-4-2)31(17-19-13-14-20(28)16-21(19)29)25(33)12-7-15-32-23-10-5-8-18-9-6-11-24(26(18)23)37(32,35)36/h5-6,8-11,13-14,16,22H,3-4,7,12,15,17H2,1-2H3,(H,30,34)/t22-/m1/s1. The maximum Gasteiger partial charge on any atom is 0.265 e. The predicted molar refractivity (Wildman–Crippen MR) is 147 cm³/mol. The van der Waals surface area contributed by atoms with Crippen LogP contribution < -0.4 is 9.62 Å². The topological polar surface area (TPSA) is 86.8 Å². The predicted octanol–water partition coefficient (Wildman–Crippen LogP) is 5.38. The van der Waals surface area contributed by atoms with Gasteiger partial charge in [0.2, 0.25) is 11.8 Å². The fraction of sp³-hybridized carbons (Fsp3) is 0.333. The molecular formula is C27H29Cl2N3O4S. The monoisotopic (exact) mass is 561 g/mol. The number of hydrogen-bond acceptors (Lipinski definition) is 4. The number of amides is 2. The van der Waals surface area contributed by atoms with Crippen LogP contribution in [0.3, 0.4) is 0 Å². The highest BCUT2D eigenvalue weighted by atomic mass is 35.5. The van der Waals surface area contributed by atoms with E-state index in [1.54, 1.807) is 36.4 Å². The van der Waals surface area contributed by atoms with Gasteiger partial charge in [0, 0.05) is 41.5 Å². The van der Waals surface area contributed by atoms with Crippen LogP contribution >= 0.6 is 23.2 Å². The van der Waals surface area contributed by atoms with Crippen molar-refractivity contribution in [3.63, 3.8) is 0 Å². The lowest BCUT2D eigenvalue weighted by Gasteiger charge is -2.31. The Morgan fingerprint density at radius 2 is 1.78 bits per heavy atom. The minimum absolute atomic E-state index is 0.0689. The summed E-state index contributed by atoms with van der Waals surface area (Å²) in [5.74, 6) is -0.496. The summed E-state index contributed by atoms with van der Waals surface area (Å²) in [5.41, 5.74) is 1.30. The van der Waals surface area contributed by atoms with Crippen LogP contribution in [0.5, 0.6) is 0 Å². The number of nitrogens with one attached hydrogen (secondary N) is 1. The molecule has 1 aliphatic rings. The second-order valence-electron chi connectivity index (χ2n) is 8.89. The van der Waals surface area contributed by atoms with Crippen molar-refractivity contribution in [2.24, 2.45) is 0 Å². The lowest BCUT2D eigenvalue weighted by molar-refractivity contribution is -0.141. The SMILES string of the molecule is CCNC(=O)[C@@H](CC)N(Cc1ccc(Cl)cc1Cl)C(=O)CCCN1c2cccc3cccc(c23)S1(=O)=O. The van der Waals surface area contributed by atoms with Crippen LogP contribution in [0.1, 0.15) is 38.7 Å². The van der Waals surface area contributed by atoms with Crippen LogP contribution in [0.2, 0.25) is 10.0 Å². The van der Waals surface area contributed by atoms with Gasteiger partial charge in [0.25, 0.3) is 10.0 Å². The van der Waals surface area contributed by atoms with Crippen LogP contribution in [-0.4, -0.2) is 44.3 Å². The Balaban J connectivity index is 1.53. The van der Waals surface area contributed by atoms with Crippen molar-refractivity contribution in [1.82, 2.24) is 10.2 Å². The normalized spacial score (nSPS) is 14.5. The summed E-state index contributed by atoms with van der Waals surface area (Å²) in [4.78, 5) is 28.1. The fourth-order valence-corrected chi connectivity index (χ4v) is 6.98. The molecule has 0 fully saturated rings. The van der Waals surface area contributed by atoms with E-state index in [1.165, 1.54) is 9.21 Å². The van der Waals surface area contributed by atoms with Gasteiger partial charge in [-0.25, -0.2) is 8.42 Å². The average Bonchev–Trinajstić information content (AvgIpc) is 3.08. The third-order valence-corrected chi connectivity index (χ3v) is 8.97. The van der Waals surface area contributed by atoms with Crippen molar-refractivity contribution in [2.45, 2.75) is 50.6 Å². The second kappa shape index (κ2) is 11.3. The van der Waals surface area contributed by atoms with Crippen LogP contribution in [0, 0.1) is 0 Å². The molecule has 2 amide bonds. The fourth-order valence-electron chi connectivity index (χ4n) is 4.76. The summed E-state index contributed by atoms with van der Waals surface area (Å²) in [7, 11) is -3.70. The molecule has 7 nitrogen and oxygen atoms in total. The van der Waals surface area contributed by atoms with Gasteiger partial charge in [0.1, 0.15) is 6.04 Å². The largest absolute Gasteiger partial charge is 0.355 e. The number of likely N-dealkylation sites (N-methyl/N-ethyl adjacent to an activating group) is 1. The third kappa shape index (κ3) is 5.42. The molecule has 3 aromatic rings. The lowest BCUT2D eigenvalue weighted by Crippen LogP contribution is -2.49. The lowest BCUT2D eigenvalue weighted by atomic mass is 10.1. The Labute approximate surface area is 227 Å². The highest BCUT2D eigenvalue weighted by Gasteiger charge is 2.35. The van der Waals surface area contributed by atoms with Crippen LogP contribution in [0.4, 0.5) is 5.69 Å². The number of nitrogens with zero attached hydrogens (tertiary/aromatic N) is 2. The van der Waals surface area contributed by atoms with E-state index in [4.69, 9.17) is 23.2 Å². The zero-order valence-electron chi connectivity index (χ0n) is 20.7. The molecule has 0 unspecified atom stereocenters. The zero-order valence-corrected chi connectivity index (χ0v) is 23.0. The molecule has 0 saturated carbocycles. The smallest absolute Gasteiger partial charge is 0.265 e. The van der Waals surface area contributed by atoms with Crippen molar-refractivity contribution in [1.29, 1.82) is 0 Å². The zero-order chi connectivity index (χ0) is 26.7. The van der Waals surface area contributed by atoms with Gasteiger partial charge in [-0.05, 0) is 55.0 Å². The van der Waals surface area contributed by atoms with E-state index in [0.29, 0.717) is 46.1 Å². The Morgan fingerprint density at radius 1 is 1.05 bits per heavy atom. The average molecular weight is 563 g/mol. The van der Waals surface area contributed by atoms with Gasteiger partial charge in [-0.15, -0.1) is 0 Å². The Bertz CT molecular complexity index is 1440. The molecule has 0 aromatic heterocycles. The molecule has 0 bridgehead atoms. The molecule has 1 heterocycles. The molecule has 10 heteroatoms. The summed E-state index contributed by atoms with van der Waals surface area (Å²) in [6, 6.07) is 15.1. The number of hydrogen-bond donors (Lipinski definition) is 1. The number of sulfonamides is 1. The van der Waals surface area contributed by atoms with E-state index < -0.39 is 16.1 Å². The minimum Gasteiger partial charge on any atom is -0.355 e. The van der Waals surface area contributed by atoms with Crippen LogP contribution in [0.25, 0.3) is 10.8 Å². The van der Waals surface area contributed by atoms with Crippen molar-refractivity contribution < 1.29 is 18.0 Å². The molecule has 0 saturated heterocycles. The first-order chi connectivity index (χ1) is 17.7. The van der Waals surface area contributed by atoms with Crippen molar-refractivity contribution in [2.75, 3.05) is 17.4 Å². The minimum atomic E-state index is -3.70. The number of rotatable bonds is 10. The van der Waals surface area contributed by atoms with Gasteiger partial charge in [0.15, 0.2) is 0 Å². The Morgan fingerprint density at radius 3 is 2.46 bits per heavy atom. The Hall–Kier alpha value is -2.81. The summed E-state index contributed by atoms with van der Waals surface area (Å²) >= 11 is 12.4. The third-order valence-electron chi connectivity index (χ3n) is 6.53. The molecule has 0 spiro atoms. The van der Waals surface area contributed by atoms with Crippen molar-refractivity contribution >= 4 is 61.5 Å². The summed E-state index contributed by atoms with van der Waals surface area (Å²) < 4.78 is 27.9. The molecule has 0 aliphatic carbocycles. The first-order valence-electron chi connectivity index (χ1n) is 12.2. The highest BCUT2D eigenvalue weighted by molar-refractivity contribution is 7.93. The summed E-state index contributed by atoms with van der Waals surface area (Å²) in [5, 5.41) is 5.25. The second-order valence-corrected chi connectivity index (χ2v) is 11.6. The molecule has 1 atom stereocenters. The molecule has 37 heavy (non-hydrogen) atoms. The van der Waals surface area contributed by atoms with E-state index in [-0.39, 0.29) is 36.2 Å². The van der Waals surface area contributed by atoms with E-state index in [1.807, 2.05) is 32.0 Å². The van der Waals surface area contributed by atoms with Gasteiger partial charge >= 0.3 is 0 Å². The number of halogens is 2. The highest BCUT2D eigenvalue weighted by Crippen LogP contribution is 2.42. The number of carbonyl (C=O) groups is 2. The molecular weight excluding hydrogens is 533 g/mol. The molecule has 196 valence electrons. The van der Waals surface area contributed by atoms with Gasteiger partial charge in [0.05, 0.1) is 10.6 Å². The Kier molecular flexibility index (Phi) is 8.31. The first kappa shape index (κ1) is 27.2.